The molecule has 1 amide bonds. The third kappa shape index (κ3) is 2.08. The average Bonchev–Trinajstić information content (AvgIpc) is 3.01. The molecular formula is C18H24N2O6. The van der Waals surface area contributed by atoms with E-state index in [1.807, 2.05) is 11.8 Å². The van der Waals surface area contributed by atoms with Gasteiger partial charge in [0.2, 0.25) is 0 Å². The second-order valence-corrected chi connectivity index (χ2v) is 6.82. The summed E-state index contributed by atoms with van der Waals surface area (Å²) in [6.45, 7) is 6.33. The molecule has 0 bridgehead atoms. The minimum atomic E-state index is -1.01. The molecule has 3 atom stereocenters. The molecule has 0 spiro atoms. The maximum absolute atomic E-state index is 11.2. The summed E-state index contributed by atoms with van der Waals surface area (Å²) >= 11 is 0. The number of methoxy groups -OCH3 is 2. The second kappa shape index (κ2) is 5.98. The van der Waals surface area contributed by atoms with Gasteiger partial charge in [0.15, 0.2) is 17.2 Å². The molecule has 2 heterocycles. The Morgan fingerprint density at radius 1 is 1.31 bits per heavy atom. The molecule has 1 aromatic rings. The van der Waals surface area contributed by atoms with Crippen LogP contribution in [0.4, 0.5) is 10.5 Å². The number of amides is 1. The number of fused-ring (bicyclic) bond motifs is 3. The average molecular weight is 364 g/mol. The fourth-order valence-corrected chi connectivity index (χ4v) is 4.28. The van der Waals surface area contributed by atoms with Gasteiger partial charge in [0.25, 0.3) is 0 Å². The molecule has 26 heavy (non-hydrogen) atoms. The Hall–Kier alpha value is -2.61. The van der Waals surface area contributed by atoms with Crippen molar-refractivity contribution >= 4 is 17.4 Å². The minimum Gasteiger partial charge on any atom is -0.505 e. The number of primary amides is 1. The van der Waals surface area contributed by atoms with Crippen LogP contribution in [0.2, 0.25) is 0 Å². The van der Waals surface area contributed by atoms with Gasteiger partial charge >= 0.3 is 6.09 Å². The molecule has 0 unspecified atom stereocenters. The summed E-state index contributed by atoms with van der Waals surface area (Å²) in [5, 5.41) is 21.7. The Balaban J connectivity index is 2.38. The van der Waals surface area contributed by atoms with Gasteiger partial charge in [-0.25, -0.2) is 4.79 Å². The van der Waals surface area contributed by atoms with Gasteiger partial charge in [-0.05, 0) is 12.8 Å². The molecule has 2 aliphatic rings. The van der Waals surface area contributed by atoms with E-state index >= 15 is 0 Å². The van der Waals surface area contributed by atoms with Crippen molar-refractivity contribution in [2.75, 3.05) is 25.7 Å². The van der Waals surface area contributed by atoms with Crippen molar-refractivity contribution in [2.24, 2.45) is 17.6 Å². The monoisotopic (exact) mass is 364 g/mol. The predicted molar refractivity (Wildman–Crippen MR) is 95.1 cm³/mol. The van der Waals surface area contributed by atoms with E-state index in [0.717, 1.165) is 0 Å². The Morgan fingerprint density at radius 3 is 2.50 bits per heavy atom. The summed E-state index contributed by atoms with van der Waals surface area (Å²) < 4.78 is 16.1. The summed E-state index contributed by atoms with van der Waals surface area (Å²) in [5.74, 6) is 0.193. The zero-order valence-corrected chi connectivity index (χ0v) is 15.5. The van der Waals surface area contributed by atoms with Crippen LogP contribution in [0.1, 0.15) is 25.0 Å². The van der Waals surface area contributed by atoms with Crippen LogP contribution in [0, 0.1) is 18.8 Å². The van der Waals surface area contributed by atoms with Crippen molar-refractivity contribution in [3.05, 3.63) is 17.4 Å². The summed E-state index contributed by atoms with van der Waals surface area (Å²) in [6.07, 6.45) is 0.206. The first-order valence-electron chi connectivity index (χ1n) is 8.34. The summed E-state index contributed by atoms with van der Waals surface area (Å²) in [4.78, 5) is 13.1. The molecule has 4 N–H and O–H groups in total. The van der Waals surface area contributed by atoms with Crippen LogP contribution in [-0.4, -0.2) is 42.8 Å². The molecule has 8 nitrogen and oxygen atoms in total. The molecule has 1 aromatic carbocycles. The topological polar surface area (TPSA) is 114 Å². The van der Waals surface area contributed by atoms with E-state index in [2.05, 4.69) is 6.92 Å². The van der Waals surface area contributed by atoms with Crippen molar-refractivity contribution in [2.45, 2.75) is 26.5 Å². The Kier molecular flexibility index (Phi) is 4.18. The molecule has 8 heteroatoms. The van der Waals surface area contributed by atoms with Crippen molar-refractivity contribution in [1.82, 2.24) is 0 Å². The molecule has 0 aliphatic carbocycles. The normalized spacial score (nSPS) is 28.2. The van der Waals surface area contributed by atoms with E-state index in [1.54, 1.807) is 14.0 Å². The van der Waals surface area contributed by atoms with Gasteiger partial charge in [-0.1, -0.05) is 13.8 Å². The highest BCUT2D eigenvalue weighted by atomic mass is 16.5. The Morgan fingerprint density at radius 2 is 1.96 bits per heavy atom. The first-order chi connectivity index (χ1) is 12.2. The van der Waals surface area contributed by atoms with E-state index < -0.39 is 11.8 Å². The third-order valence-electron chi connectivity index (χ3n) is 5.68. The van der Waals surface area contributed by atoms with Gasteiger partial charge < -0.3 is 35.1 Å². The van der Waals surface area contributed by atoms with Crippen LogP contribution in [0.25, 0.3) is 5.57 Å². The highest BCUT2D eigenvalue weighted by Gasteiger charge is 2.60. The van der Waals surface area contributed by atoms with E-state index in [0.29, 0.717) is 28.9 Å². The van der Waals surface area contributed by atoms with Crippen LogP contribution in [0.5, 0.6) is 17.2 Å². The number of aromatic hydroxyl groups is 2. The van der Waals surface area contributed by atoms with Crippen LogP contribution < -0.4 is 15.4 Å². The minimum absolute atomic E-state index is 0.0140. The quantitative estimate of drug-likeness (QED) is 0.557. The third-order valence-corrected chi connectivity index (χ3v) is 5.68. The SMILES string of the molecule is COc1c(C)c(O)c2c(c1O)C(=COC(N)=O)[C@@]1(OC)[C@@H](C)[C@@H](C)CN21. The molecule has 3 rings (SSSR count). The number of nitrogens with two attached hydrogens (primary N) is 1. The number of rotatable bonds is 3. The number of carbonyl (C=O) groups excluding carboxylic acids is 1. The van der Waals surface area contributed by atoms with Crippen LogP contribution in [0.3, 0.4) is 0 Å². The molecule has 2 aliphatic heterocycles. The maximum atomic E-state index is 11.2. The summed E-state index contributed by atoms with van der Waals surface area (Å²) in [6, 6.07) is 0. The largest absolute Gasteiger partial charge is 0.505 e. The van der Waals surface area contributed by atoms with Crippen LogP contribution in [-0.2, 0) is 9.47 Å². The molecule has 0 radical (unpaired) electrons. The predicted octanol–water partition coefficient (Wildman–Crippen LogP) is 2.30. The fraction of sp³-hybridized carbons (Fsp3) is 0.500. The van der Waals surface area contributed by atoms with Gasteiger partial charge in [-0.3, -0.25) is 0 Å². The molecule has 0 saturated carbocycles. The summed E-state index contributed by atoms with van der Waals surface area (Å²) in [7, 11) is 2.95. The lowest BCUT2D eigenvalue weighted by Crippen LogP contribution is -2.46. The van der Waals surface area contributed by atoms with E-state index in [4.69, 9.17) is 19.9 Å². The second-order valence-electron chi connectivity index (χ2n) is 6.82. The number of hydrogen-bond donors (Lipinski definition) is 3. The van der Waals surface area contributed by atoms with Gasteiger partial charge in [-0.15, -0.1) is 0 Å². The zero-order chi connectivity index (χ0) is 19.4. The fourth-order valence-electron chi connectivity index (χ4n) is 4.28. The standard InChI is InChI=1S/C18H24N2O6/c1-8-6-20-13-12(15(22)16(24-4)9(2)14(13)21)11(7-26-17(19)23)18(20,25-5)10(8)3/h7-8,10,21-22H,6H2,1-5H3,(H2,19,23)/t8-,10-,18-/m0/s1. The van der Waals surface area contributed by atoms with Crippen molar-refractivity contribution in [1.29, 1.82) is 0 Å². The molecule has 1 saturated heterocycles. The van der Waals surface area contributed by atoms with Gasteiger partial charge in [0.05, 0.1) is 23.9 Å². The lowest BCUT2D eigenvalue weighted by atomic mass is 9.84. The van der Waals surface area contributed by atoms with Gasteiger partial charge in [0, 0.05) is 25.1 Å². The van der Waals surface area contributed by atoms with Gasteiger partial charge in [-0.2, -0.15) is 0 Å². The van der Waals surface area contributed by atoms with E-state index in [-0.39, 0.29) is 29.1 Å². The number of anilines is 1. The highest BCUT2D eigenvalue weighted by molar-refractivity contribution is 5.98. The maximum Gasteiger partial charge on any atom is 0.409 e. The van der Waals surface area contributed by atoms with Crippen molar-refractivity contribution in [3.8, 4) is 17.2 Å². The lowest BCUT2D eigenvalue weighted by molar-refractivity contribution is 0.0130. The Labute approximate surface area is 151 Å². The highest BCUT2D eigenvalue weighted by Crippen LogP contribution is 2.63. The number of ether oxygens (including phenoxy) is 3. The number of benzene rings is 1. The molecular weight excluding hydrogens is 340 g/mol. The number of carbonyl (C=O) groups is 1. The van der Waals surface area contributed by atoms with E-state index in [1.165, 1.54) is 13.4 Å². The van der Waals surface area contributed by atoms with E-state index in [9.17, 15) is 15.0 Å². The number of nitrogens with zero attached hydrogens (tertiary/aromatic N) is 1. The Bertz CT molecular complexity index is 806. The molecule has 1 fully saturated rings. The van der Waals surface area contributed by atoms with Crippen molar-refractivity contribution < 1.29 is 29.2 Å². The zero-order valence-electron chi connectivity index (χ0n) is 15.5. The summed E-state index contributed by atoms with van der Waals surface area (Å²) in [5.41, 5.74) is 5.69. The smallest absolute Gasteiger partial charge is 0.409 e. The number of hydrogen-bond acceptors (Lipinski definition) is 7. The first-order valence-corrected chi connectivity index (χ1v) is 8.34. The van der Waals surface area contributed by atoms with Gasteiger partial charge in [0.1, 0.15) is 12.0 Å². The number of phenols is 2. The molecule has 142 valence electrons. The van der Waals surface area contributed by atoms with Crippen molar-refractivity contribution in [3.63, 3.8) is 0 Å². The first kappa shape index (κ1) is 18.2. The number of phenolic OH excluding ortho intramolecular Hbond substituents is 2. The van der Waals surface area contributed by atoms with Crippen LogP contribution in [0.15, 0.2) is 6.26 Å². The lowest BCUT2D eigenvalue weighted by Gasteiger charge is -2.36. The molecule has 0 aromatic heterocycles. The van der Waals surface area contributed by atoms with Crippen LogP contribution >= 0.6 is 0 Å².